The number of benzene rings is 1. The van der Waals surface area contributed by atoms with E-state index >= 15 is 0 Å². The molecule has 1 amide bonds. The van der Waals surface area contributed by atoms with Gasteiger partial charge in [0, 0.05) is 12.7 Å². The Morgan fingerprint density at radius 2 is 2.00 bits per heavy atom. The molecule has 118 valence electrons. The molecule has 6 heteroatoms. The third kappa shape index (κ3) is 6.97. The lowest BCUT2D eigenvalue weighted by atomic mass is 10.2. The molecule has 1 aromatic rings. The van der Waals surface area contributed by atoms with Crippen LogP contribution < -0.4 is 15.8 Å². The zero-order valence-corrected chi connectivity index (χ0v) is 12.8. The van der Waals surface area contributed by atoms with Crippen molar-refractivity contribution in [2.45, 2.75) is 13.8 Å². The quantitative estimate of drug-likeness (QED) is 0.537. The molecular formula is C15H24N2O4. The lowest BCUT2D eigenvalue weighted by Gasteiger charge is -2.10. The van der Waals surface area contributed by atoms with Crippen LogP contribution in [-0.2, 0) is 14.3 Å². The van der Waals surface area contributed by atoms with Crippen LogP contribution in [0.15, 0.2) is 18.2 Å². The molecule has 0 atom stereocenters. The van der Waals surface area contributed by atoms with Crippen LogP contribution in [0.3, 0.4) is 0 Å². The van der Waals surface area contributed by atoms with Crippen molar-refractivity contribution in [1.82, 2.24) is 0 Å². The second-order valence-electron chi connectivity index (χ2n) is 5.02. The van der Waals surface area contributed by atoms with E-state index in [1.165, 1.54) is 0 Å². The van der Waals surface area contributed by atoms with Crippen LogP contribution in [0.5, 0.6) is 5.75 Å². The molecule has 3 N–H and O–H groups in total. The van der Waals surface area contributed by atoms with Crippen molar-refractivity contribution in [1.29, 1.82) is 0 Å². The first-order chi connectivity index (χ1) is 10.0. The Bertz CT molecular complexity index is 449. The molecule has 0 heterocycles. The number of carbonyl (C=O) groups excluding carboxylic acids is 1. The van der Waals surface area contributed by atoms with Gasteiger partial charge in [0.1, 0.15) is 12.4 Å². The fourth-order valence-corrected chi connectivity index (χ4v) is 1.57. The van der Waals surface area contributed by atoms with Gasteiger partial charge in [-0.2, -0.15) is 0 Å². The normalized spacial score (nSPS) is 10.7. The number of carbonyl (C=O) groups is 1. The summed E-state index contributed by atoms with van der Waals surface area (Å²) >= 11 is 0. The maximum Gasteiger partial charge on any atom is 0.250 e. The first-order valence-electron chi connectivity index (χ1n) is 6.91. The minimum absolute atomic E-state index is 0.0312. The number of hydrogen-bond acceptors (Lipinski definition) is 5. The van der Waals surface area contributed by atoms with Crippen molar-refractivity contribution in [3.05, 3.63) is 18.2 Å². The van der Waals surface area contributed by atoms with Gasteiger partial charge in [-0.05, 0) is 18.1 Å². The summed E-state index contributed by atoms with van der Waals surface area (Å²) in [6.45, 7) is 5.68. The van der Waals surface area contributed by atoms with Gasteiger partial charge in [-0.25, -0.2) is 0 Å². The van der Waals surface area contributed by atoms with E-state index in [0.29, 0.717) is 42.9 Å². The largest absolute Gasteiger partial charge is 0.497 e. The van der Waals surface area contributed by atoms with Gasteiger partial charge in [-0.3, -0.25) is 4.79 Å². The summed E-state index contributed by atoms with van der Waals surface area (Å²) in [6.07, 6.45) is 0. The predicted octanol–water partition coefficient (Wildman–Crippen LogP) is 1.91. The SMILES string of the molecule is COc1ccc(NC(=O)COCCOCC(C)C)c(N)c1. The first kappa shape index (κ1) is 17.3. The lowest BCUT2D eigenvalue weighted by molar-refractivity contribution is -0.121. The molecule has 21 heavy (non-hydrogen) atoms. The highest BCUT2D eigenvalue weighted by atomic mass is 16.5. The van der Waals surface area contributed by atoms with Crippen LogP contribution in [0.4, 0.5) is 11.4 Å². The number of anilines is 2. The lowest BCUT2D eigenvalue weighted by Crippen LogP contribution is -2.20. The number of hydrogen-bond donors (Lipinski definition) is 2. The zero-order valence-electron chi connectivity index (χ0n) is 12.8. The smallest absolute Gasteiger partial charge is 0.250 e. The summed E-state index contributed by atoms with van der Waals surface area (Å²) in [5, 5.41) is 2.69. The summed E-state index contributed by atoms with van der Waals surface area (Å²) in [6, 6.07) is 5.07. The van der Waals surface area contributed by atoms with Crippen molar-refractivity contribution >= 4 is 17.3 Å². The van der Waals surface area contributed by atoms with Crippen molar-refractivity contribution in [3.63, 3.8) is 0 Å². The summed E-state index contributed by atoms with van der Waals surface area (Å²) in [5.74, 6) is 0.881. The number of amides is 1. The van der Waals surface area contributed by atoms with Crippen molar-refractivity contribution in [3.8, 4) is 5.75 Å². The van der Waals surface area contributed by atoms with Gasteiger partial charge in [-0.15, -0.1) is 0 Å². The van der Waals surface area contributed by atoms with Crippen LogP contribution in [0, 0.1) is 5.92 Å². The van der Waals surface area contributed by atoms with Gasteiger partial charge < -0.3 is 25.3 Å². The number of methoxy groups -OCH3 is 1. The Morgan fingerprint density at radius 3 is 2.62 bits per heavy atom. The highest BCUT2D eigenvalue weighted by molar-refractivity contribution is 5.94. The highest BCUT2D eigenvalue weighted by Crippen LogP contribution is 2.23. The maximum atomic E-state index is 11.7. The molecular weight excluding hydrogens is 272 g/mol. The Kier molecular flexibility index (Phi) is 7.56. The third-order valence-corrected chi connectivity index (χ3v) is 2.59. The van der Waals surface area contributed by atoms with E-state index in [-0.39, 0.29) is 12.5 Å². The monoisotopic (exact) mass is 296 g/mol. The van der Waals surface area contributed by atoms with E-state index in [9.17, 15) is 4.79 Å². The fourth-order valence-electron chi connectivity index (χ4n) is 1.57. The van der Waals surface area contributed by atoms with Gasteiger partial charge in [0.05, 0.1) is 31.7 Å². The van der Waals surface area contributed by atoms with Gasteiger partial charge in [0.2, 0.25) is 5.91 Å². The molecule has 6 nitrogen and oxygen atoms in total. The van der Waals surface area contributed by atoms with Crippen molar-refractivity contribution in [2.75, 3.05) is 44.6 Å². The molecule has 0 spiro atoms. The highest BCUT2D eigenvalue weighted by Gasteiger charge is 2.06. The molecule has 0 unspecified atom stereocenters. The molecule has 0 bridgehead atoms. The molecule has 0 saturated heterocycles. The van der Waals surface area contributed by atoms with Crippen LogP contribution in [0.1, 0.15) is 13.8 Å². The van der Waals surface area contributed by atoms with Crippen LogP contribution in [-0.4, -0.2) is 39.4 Å². The Labute approximate surface area is 125 Å². The summed E-state index contributed by atoms with van der Waals surface area (Å²) in [4.78, 5) is 11.7. The standard InChI is InChI=1S/C15H24N2O4/c1-11(2)9-20-6-7-21-10-15(18)17-14-5-4-12(19-3)8-13(14)16/h4-5,8,11H,6-7,9-10,16H2,1-3H3,(H,17,18). The predicted molar refractivity (Wildman–Crippen MR) is 82.5 cm³/mol. The van der Waals surface area contributed by atoms with Crippen LogP contribution >= 0.6 is 0 Å². The number of nitrogens with two attached hydrogens (primary N) is 1. The van der Waals surface area contributed by atoms with E-state index in [2.05, 4.69) is 19.2 Å². The molecule has 0 fully saturated rings. The minimum Gasteiger partial charge on any atom is -0.497 e. The van der Waals surface area contributed by atoms with Gasteiger partial charge in [-0.1, -0.05) is 13.8 Å². The van der Waals surface area contributed by atoms with Crippen molar-refractivity contribution in [2.24, 2.45) is 5.92 Å². The second kappa shape index (κ2) is 9.20. The van der Waals surface area contributed by atoms with E-state index < -0.39 is 0 Å². The van der Waals surface area contributed by atoms with Gasteiger partial charge in [0.15, 0.2) is 0 Å². The van der Waals surface area contributed by atoms with Crippen LogP contribution in [0.2, 0.25) is 0 Å². The van der Waals surface area contributed by atoms with E-state index in [0.717, 1.165) is 0 Å². The summed E-state index contributed by atoms with van der Waals surface area (Å²) < 4.78 is 15.6. The maximum absolute atomic E-state index is 11.7. The molecule has 0 aliphatic rings. The molecule has 1 aromatic carbocycles. The molecule has 0 radical (unpaired) electrons. The van der Waals surface area contributed by atoms with Gasteiger partial charge >= 0.3 is 0 Å². The minimum atomic E-state index is -0.254. The first-order valence-corrected chi connectivity index (χ1v) is 6.91. The van der Waals surface area contributed by atoms with E-state index in [1.807, 2.05) is 0 Å². The van der Waals surface area contributed by atoms with Gasteiger partial charge in [0.25, 0.3) is 0 Å². The third-order valence-electron chi connectivity index (χ3n) is 2.59. The molecule has 0 aliphatic heterocycles. The molecule has 1 rings (SSSR count). The average molecular weight is 296 g/mol. The fraction of sp³-hybridized carbons (Fsp3) is 0.533. The number of nitrogen functional groups attached to an aromatic ring is 1. The number of rotatable bonds is 9. The molecule has 0 aliphatic carbocycles. The van der Waals surface area contributed by atoms with Crippen LogP contribution in [0.25, 0.3) is 0 Å². The Morgan fingerprint density at radius 1 is 1.29 bits per heavy atom. The van der Waals surface area contributed by atoms with Crippen molar-refractivity contribution < 1.29 is 19.0 Å². The average Bonchev–Trinajstić information content (AvgIpc) is 2.44. The second-order valence-corrected chi connectivity index (χ2v) is 5.02. The topological polar surface area (TPSA) is 82.8 Å². The Balaban J connectivity index is 2.24. The number of ether oxygens (including phenoxy) is 3. The summed E-state index contributed by atoms with van der Waals surface area (Å²) in [7, 11) is 1.56. The molecule has 0 saturated carbocycles. The Hall–Kier alpha value is -1.79. The number of nitrogens with one attached hydrogen (secondary N) is 1. The summed E-state index contributed by atoms with van der Waals surface area (Å²) in [5.41, 5.74) is 6.80. The zero-order chi connectivity index (χ0) is 15.7. The van der Waals surface area contributed by atoms with E-state index in [1.54, 1.807) is 25.3 Å². The molecule has 0 aromatic heterocycles. The van der Waals surface area contributed by atoms with E-state index in [4.69, 9.17) is 19.9 Å².